The molecule has 2 aromatic rings. The minimum Gasteiger partial charge on any atom is -0.494 e. The second-order valence-electron chi connectivity index (χ2n) is 7.84. The van der Waals surface area contributed by atoms with E-state index >= 15 is 0 Å². The maximum atomic E-state index is 12.6. The summed E-state index contributed by atoms with van der Waals surface area (Å²) < 4.78 is 5.50. The number of hydrogen-bond acceptors (Lipinski definition) is 3. The summed E-state index contributed by atoms with van der Waals surface area (Å²) in [5.74, 6) is 1.94. The number of ether oxygens (including phenoxy) is 1. The highest BCUT2D eigenvalue weighted by atomic mass is 127. The number of guanidine groups is 1. The summed E-state index contributed by atoms with van der Waals surface area (Å²) >= 11 is 0. The Labute approximate surface area is 209 Å². The third-order valence-corrected chi connectivity index (χ3v) is 5.56. The minimum atomic E-state index is 0. The van der Waals surface area contributed by atoms with Crippen LogP contribution in [0.4, 0.5) is 0 Å². The maximum absolute atomic E-state index is 12.6. The molecule has 7 heteroatoms. The highest BCUT2D eigenvalue weighted by Gasteiger charge is 2.19. The highest BCUT2D eigenvalue weighted by Crippen LogP contribution is 2.19. The SMILES string of the molecule is CCOc1ccc(CN(C)C(=NC)NCCCC(=O)N2CCc3ccccc3C2)cc1.I. The number of nitrogens with one attached hydrogen (secondary N) is 1. The number of benzene rings is 2. The number of rotatable bonds is 8. The third-order valence-electron chi connectivity index (χ3n) is 5.56. The van der Waals surface area contributed by atoms with E-state index in [4.69, 9.17) is 4.74 Å². The molecule has 0 radical (unpaired) electrons. The molecule has 1 amide bonds. The number of aliphatic imine (C=N–C) groups is 1. The van der Waals surface area contributed by atoms with E-state index in [0.717, 1.165) is 50.7 Å². The Balaban J connectivity index is 0.00000363. The van der Waals surface area contributed by atoms with Gasteiger partial charge in [0.1, 0.15) is 5.75 Å². The van der Waals surface area contributed by atoms with Crippen molar-refractivity contribution in [2.24, 2.45) is 4.99 Å². The van der Waals surface area contributed by atoms with Gasteiger partial charge in [0, 0.05) is 46.7 Å². The van der Waals surface area contributed by atoms with Crippen molar-refractivity contribution in [3.8, 4) is 5.75 Å². The Morgan fingerprint density at radius 3 is 2.56 bits per heavy atom. The van der Waals surface area contributed by atoms with Gasteiger partial charge in [-0.25, -0.2) is 0 Å². The second-order valence-corrected chi connectivity index (χ2v) is 7.84. The lowest BCUT2D eigenvalue weighted by atomic mass is 9.99. The molecule has 1 heterocycles. The third kappa shape index (κ3) is 7.39. The molecular weight excluding hydrogens is 515 g/mol. The van der Waals surface area contributed by atoms with Crippen LogP contribution in [0, 0.1) is 0 Å². The van der Waals surface area contributed by atoms with Crippen molar-refractivity contribution in [2.45, 2.75) is 39.3 Å². The van der Waals surface area contributed by atoms with E-state index in [1.807, 2.05) is 37.1 Å². The molecule has 0 saturated carbocycles. The number of hydrogen-bond donors (Lipinski definition) is 1. The topological polar surface area (TPSA) is 57.2 Å². The Kier molecular flexibility index (Phi) is 10.8. The fourth-order valence-electron chi connectivity index (χ4n) is 3.90. The first-order valence-corrected chi connectivity index (χ1v) is 11.1. The zero-order valence-corrected chi connectivity index (χ0v) is 21.7. The molecule has 0 bridgehead atoms. The molecule has 0 saturated heterocycles. The van der Waals surface area contributed by atoms with Crippen LogP contribution in [0.5, 0.6) is 5.75 Å². The minimum absolute atomic E-state index is 0. The van der Waals surface area contributed by atoms with E-state index in [1.165, 1.54) is 16.7 Å². The number of amides is 1. The van der Waals surface area contributed by atoms with E-state index < -0.39 is 0 Å². The van der Waals surface area contributed by atoms with Crippen molar-refractivity contribution in [3.63, 3.8) is 0 Å². The Hall–Kier alpha value is -2.29. The van der Waals surface area contributed by atoms with Gasteiger partial charge in [-0.2, -0.15) is 0 Å². The first-order valence-electron chi connectivity index (χ1n) is 11.1. The van der Waals surface area contributed by atoms with Gasteiger partial charge in [-0.05, 0) is 48.6 Å². The summed E-state index contributed by atoms with van der Waals surface area (Å²) in [6.07, 6.45) is 2.28. The standard InChI is InChI=1S/C25H34N4O2.HI/c1-4-31-23-13-11-20(12-14-23)18-28(3)25(26-2)27-16-7-10-24(30)29-17-15-21-8-5-6-9-22(21)19-29;/h5-6,8-9,11-14H,4,7,10,15-19H2,1-3H3,(H,26,27);1H. The van der Waals surface area contributed by atoms with Crippen LogP contribution in [0.25, 0.3) is 0 Å². The van der Waals surface area contributed by atoms with E-state index in [0.29, 0.717) is 13.0 Å². The molecular formula is C25H35IN4O2. The van der Waals surface area contributed by atoms with E-state index in [1.54, 1.807) is 7.05 Å². The van der Waals surface area contributed by atoms with Crippen LogP contribution in [-0.2, 0) is 24.3 Å². The predicted octanol–water partition coefficient (Wildman–Crippen LogP) is 4.08. The lowest BCUT2D eigenvalue weighted by molar-refractivity contribution is -0.132. The average Bonchev–Trinajstić information content (AvgIpc) is 2.80. The summed E-state index contributed by atoms with van der Waals surface area (Å²) in [5.41, 5.74) is 3.83. The van der Waals surface area contributed by atoms with Crippen LogP contribution in [0.15, 0.2) is 53.5 Å². The van der Waals surface area contributed by atoms with Crippen LogP contribution in [0.3, 0.4) is 0 Å². The van der Waals surface area contributed by atoms with Gasteiger partial charge in [-0.15, -0.1) is 24.0 Å². The van der Waals surface area contributed by atoms with Gasteiger partial charge in [0.2, 0.25) is 5.91 Å². The summed E-state index contributed by atoms with van der Waals surface area (Å²) in [5, 5.41) is 3.38. The first kappa shape index (κ1) is 26.0. The lowest BCUT2D eigenvalue weighted by Gasteiger charge is -2.29. The van der Waals surface area contributed by atoms with E-state index in [2.05, 4.69) is 45.5 Å². The van der Waals surface area contributed by atoms with Crippen molar-refractivity contribution in [2.75, 3.05) is 33.8 Å². The van der Waals surface area contributed by atoms with Crippen LogP contribution < -0.4 is 10.1 Å². The Bertz CT molecular complexity index is 886. The Morgan fingerprint density at radius 1 is 1.16 bits per heavy atom. The van der Waals surface area contributed by atoms with Gasteiger partial charge < -0.3 is 19.9 Å². The number of carbonyl (C=O) groups is 1. The number of halogens is 1. The van der Waals surface area contributed by atoms with Crippen LogP contribution >= 0.6 is 24.0 Å². The lowest BCUT2D eigenvalue weighted by Crippen LogP contribution is -2.39. The van der Waals surface area contributed by atoms with Crippen LogP contribution in [0.1, 0.15) is 36.5 Å². The van der Waals surface area contributed by atoms with Crippen LogP contribution in [0.2, 0.25) is 0 Å². The second kappa shape index (κ2) is 13.3. The van der Waals surface area contributed by atoms with Crippen LogP contribution in [-0.4, -0.2) is 55.5 Å². The molecule has 2 aromatic carbocycles. The van der Waals surface area contributed by atoms with Crippen molar-refractivity contribution < 1.29 is 9.53 Å². The largest absolute Gasteiger partial charge is 0.494 e. The van der Waals surface area contributed by atoms with Gasteiger partial charge in [0.15, 0.2) is 5.96 Å². The quantitative estimate of drug-likeness (QED) is 0.233. The number of fused-ring (bicyclic) bond motifs is 1. The smallest absolute Gasteiger partial charge is 0.222 e. The van der Waals surface area contributed by atoms with Gasteiger partial charge >= 0.3 is 0 Å². The number of carbonyl (C=O) groups excluding carboxylic acids is 1. The molecule has 3 rings (SSSR count). The van der Waals surface area contributed by atoms with Crippen molar-refractivity contribution in [3.05, 3.63) is 65.2 Å². The zero-order valence-electron chi connectivity index (χ0n) is 19.3. The molecule has 0 fully saturated rings. The zero-order chi connectivity index (χ0) is 22.1. The fourth-order valence-corrected chi connectivity index (χ4v) is 3.90. The summed E-state index contributed by atoms with van der Waals surface area (Å²) in [4.78, 5) is 21.1. The molecule has 0 unspecified atom stereocenters. The van der Waals surface area contributed by atoms with Crippen molar-refractivity contribution in [1.82, 2.24) is 15.1 Å². The molecule has 1 N–H and O–H groups in total. The van der Waals surface area contributed by atoms with Gasteiger partial charge in [0.25, 0.3) is 0 Å². The molecule has 0 atom stereocenters. The highest BCUT2D eigenvalue weighted by molar-refractivity contribution is 14.0. The molecule has 1 aliphatic rings. The van der Waals surface area contributed by atoms with Gasteiger partial charge in [-0.1, -0.05) is 36.4 Å². The first-order chi connectivity index (χ1) is 15.1. The molecule has 0 aliphatic carbocycles. The maximum Gasteiger partial charge on any atom is 0.222 e. The molecule has 6 nitrogen and oxygen atoms in total. The monoisotopic (exact) mass is 550 g/mol. The van der Waals surface area contributed by atoms with E-state index in [9.17, 15) is 4.79 Å². The van der Waals surface area contributed by atoms with Gasteiger partial charge in [-0.3, -0.25) is 9.79 Å². The summed E-state index contributed by atoms with van der Waals surface area (Å²) in [6.45, 7) is 5.67. The van der Waals surface area contributed by atoms with Gasteiger partial charge in [0.05, 0.1) is 6.61 Å². The molecule has 1 aliphatic heterocycles. The summed E-state index contributed by atoms with van der Waals surface area (Å²) in [6, 6.07) is 16.5. The molecule has 0 spiro atoms. The molecule has 174 valence electrons. The van der Waals surface area contributed by atoms with E-state index in [-0.39, 0.29) is 29.9 Å². The molecule has 0 aromatic heterocycles. The Morgan fingerprint density at radius 2 is 1.88 bits per heavy atom. The average molecular weight is 550 g/mol. The number of nitrogens with zero attached hydrogens (tertiary/aromatic N) is 3. The fraction of sp³-hybridized carbons (Fsp3) is 0.440. The van der Waals surface area contributed by atoms with Crippen molar-refractivity contribution >= 4 is 35.8 Å². The predicted molar refractivity (Wildman–Crippen MR) is 141 cm³/mol. The summed E-state index contributed by atoms with van der Waals surface area (Å²) in [7, 11) is 3.80. The normalized spacial score (nSPS) is 13.1. The van der Waals surface area contributed by atoms with Crippen molar-refractivity contribution in [1.29, 1.82) is 0 Å². The molecule has 32 heavy (non-hydrogen) atoms.